The van der Waals surface area contributed by atoms with Crippen molar-refractivity contribution in [2.75, 3.05) is 0 Å². The Morgan fingerprint density at radius 3 is 2.15 bits per heavy atom. The van der Waals surface area contributed by atoms with Crippen LogP contribution in [0.4, 0.5) is 0 Å². The summed E-state index contributed by atoms with van der Waals surface area (Å²) in [6.07, 6.45) is 3.83. The summed E-state index contributed by atoms with van der Waals surface area (Å²) >= 11 is 0. The molecule has 41 heavy (non-hydrogen) atoms. The maximum absolute atomic E-state index is 4.84. The predicted octanol–water partition coefficient (Wildman–Crippen LogP) is 9.73. The summed E-state index contributed by atoms with van der Waals surface area (Å²) in [7, 11) is 0. The van der Waals surface area contributed by atoms with E-state index in [-0.39, 0.29) is 0 Å². The summed E-state index contributed by atoms with van der Waals surface area (Å²) < 4.78 is 2.37. The average molecular weight is 524 g/mol. The van der Waals surface area contributed by atoms with Crippen molar-refractivity contribution in [1.82, 2.24) is 14.5 Å². The number of hydrogen-bond donors (Lipinski definition) is 0. The van der Waals surface area contributed by atoms with Gasteiger partial charge in [0.2, 0.25) is 0 Å². The largest absolute Gasteiger partial charge is 0.309 e. The molecule has 3 heterocycles. The Morgan fingerprint density at radius 2 is 1.24 bits per heavy atom. The van der Waals surface area contributed by atoms with Gasteiger partial charge in [-0.3, -0.25) is 9.97 Å². The first-order valence-electron chi connectivity index (χ1n) is 13.8. The molecular formula is C38H25N3. The first-order valence-corrected chi connectivity index (χ1v) is 13.8. The van der Waals surface area contributed by atoms with E-state index in [1.807, 2.05) is 24.5 Å². The van der Waals surface area contributed by atoms with E-state index < -0.39 is 0 Å². The predicted molar refractivity (Wildman–Crippen MR) is 170 cm³/mol. The van der Waals surface area contributed by atoms with Crippen molar-refractivity contribution in [1.29, 1.82) is 0 Å². The fraction of sp³-hybridized carbons (Fsp3) is 0. The van der Waals surface area contributed by atoms with Crippen LogP contribution in [0.2, 0.25) is 0 Å². The second-order valence-electron chi connectivity index (χ2n) is 10.3. The topological polar surface area (TPSA) is 30.7 Å². The summed E-state index contributed by atoms with van der Waals surface area (Å²) in [5.74, 6) is 0. The standard InChI is InChI=1S/C38H25N3/c1-2-9-26(10-3-1)30-19-21-35(40-25-30)29-12-6-14-31(23-29)41-36-17-5-4-15-33(36)34-20-18-28(24-37(34)41)32-16-7-11-27-13-8-22-39-38(27)32/h1-25H. The molecule has 0 atom stereocenters. The molecule has 0 spiro atoms. The maximum atomic E-state index is 4.84. The van der Waals surface area contributed by atoms with Crippen LogP contribution in [0, 0.1) is 0 Å². The lowest BCUT2D eigenvalue weighted by Gasteiger charge is -2.12. The van der Waals surface area contributed by atoms with Gasteiger partial charge in [0.1, 0.15) is 0 Å². The molecule has 5 aromatic carbocycles. The van der Waals surface area contributed by atoms with Crippen LogP contribution in [-0.4, -0.2) is 14.5 Å². The summed E-state index contributed by atoms with van der Waals surface area (Å²) in [5.41, 5.74) is 11.1. The molecule has 8 aromatic rings. The van der Waals surface area contributed by atoms with Gasteiger partial charge in [0.05, 0.1) is 22.2 Å². The number of aromatic nitrogens is 3. The fourth-order valence-corrected chi connectivity index (χ4v) is 5.92. The van der Waals surface area contributed by atoms with Crippen LogP contribution in [0.25, 0.3) is 71.9 Å². The monoisotopic (exact) mass is 523 g/mol. The first-order chi connectivity index (χ1) is 20.3. The first kappa shape index (κ1) is 23.4. The van der Waals surface area contributed by atoms with Crippen LogP contribution in [0.1, 0.15) is 0 Å². The highest BCUT2D eigenvalue weighted by Gasteiger charge is 2.15. The Hall–Kier alpha value is -5.54. The van der Waals surface area contributed by atoms with Gasteiger partial charge in [-0.15, -0.1) is 0 Å². The normalized spacial score (nSPS) is 11.4. The number of pyridine rings is 2. The molecule has 0 radical (unpaired) electrons. The van der Waals surface area contributed by atoms with E-state index in [0.717, 1.165) is 44.5 Å². The molecule has 0 aliphatic heterocycles. The molecule has 3 heteroatoms. The average Bonchev–Trinajstić information content (AvgIpc) is 3.39. The molecule has 3 nitrogen and oxygen atoms in total. The quantitative estimate of drug-likeness (QED) is 0.230. The molecule has 0 amide bonds. The van der Waals surface area contributed by atoms with Gasteiger partial charge in [-0.2, -0.15) is 0 Å². The Bertz CT molecular complexity index is 2190. The minimum absolute atomic E-state index is 0.954. The number of hydrogen-bond acceptors (Lipinski definition) is 2. The van der Waals surface area contributed by atoms with E-state index in [1.54, 1.807) is 0 Å². The minimum Gasteiger partial charge on any atom is -0.309 e. The molecule has 0 aliphatic rings. The van der Waals surface area contributed by atoms with Gasteiger partial charge >= 0.3 is 0 Å². The second-order valence-corrected chi connectivity index (χ2v) is 10.3. The highest BCUT2D eigenvalue weighted by atomic mass is 15.0. The highest BCUT2D eigenvalue weighted by Crippen LogP contribution is 2.37. The van der Waals surface area contributed by atoms with E-state index in [0.29, 0.717) is 0 Å². The molecule has 0 saturated carbocycles. The minimum atomic E-state index is 0.954. The second kappa shape index (κ2) is 9.58. The lowest BCUT2D eigenvalue weighted by molar-refractivity contribution is 1.18. The molecule has 0 bridgehead atoms. The Morgan fingerprint density at radius 1 is 0.463 bits per heavy atom. The van der Waals surface area contributed by atoms with Gasteiger partial charge in [0.15, 0.2) is 0 Å². The SMILES string of the molecule is c1ccc(-c2ccc(-c3cccc(-n4c5ccccc5c5ccc(-c6cccc7cccnc67)cc54)c3)nc2)cc1. The van der Waals surface area contributed by atoms with Crippen LogP contribution in [0.5, 0.6) is 0 Å². The van der Waals surface area contributed by atoms with Gasteiger partial charge in [-0.1, -0.05) is 103 Å². The molecular weight excluding hydrogens is 498 g/mol. The van der Waals surface area contributed by atoms with Gasteiger partial charge < -0.3 is 4.57 Å². The molecule has 0 saturated heterocycles. The van der Waals surface area contributed by atoms with Crippen molar-refractivity contribution >= 4 is 32.7 Å². The van der Waals surface area contributed by atoms with Crippen LogP contribution < -0.4 is 0 Å². The van der Waals surface area contributed by atoms with Crippen molar-refractivity contribution < 1.29 is 0 Å². The summed E-state index contributed by atoms with van der Waals surface area (Å²) in [4.78, 5) is 9.56. The highest BCUT2D eigenvalue weighted by molar-refractivity contribution is 6.10. The molecule has 192 valence electrons. The number of para-hydroxylation sites is 2. The number of benzene rings is 5. The zero-order chi connectivity index (χ0) is 27.2. The van der Waals surface area contributed by atoms with E-state index in [9.17, 15) is 0 Å². The van der Waals surface area contributed by atoms with Crippen molar-refractivity contribution in [3.63, 3.8) is 0 Å². The zero-order valence-electron chi connectivity index (χ0n) is 22.3. The van der Waals surface area contributed by atoms with Crippen molar-refractivity contribution in [2.45, 2.75) is 0 Å². The molecule has 8 rings (SSSR count). The van der Waals surface area contributed by atoms with Gasteiger partial charge in [-0.05, 0) is 47.5 Å². The smallest absolute Gasteiger partial charge is 0.0780 e. The van der Waals surface area contributed by atoms with Gasteiger partial charge in [0.25, 0.3) is 0 Å². The number of fused-ring (bicyclic) bond motifs is 4. The molecule has 3 aromatic heterocycles. The van der Waals surface area contributed by atoms with Crippen molar-refractivity contribution in [3.8, 4) is 39.2 Å². The molecule has 0 N–H and O–H groups in total. The van der Waals surface area contributed by atoms with E-state index in [2.05, 4.69) is 132 Å². The lowest BCUT2D eigenvalue weighted by Crippen LogP contribution is -1.95. The third-order valence-corrected chi connectivity index (χ3v) is 7.89. The maximum Gasteiger partial charge on any atom is 0.0780 e. The third kappa shape index (κ3) is 3.98. The molecule has 0 aliphatic carbocycles. The van der Waals surface area contributed by atoms with Crippen molar-refractivity contribution in [3.05, 3.63) is 152 Å². The van der Waals surface area contributed by atoms with Crippen LogP contribution >= 0.6 is 0 Å². The number of rotatable bonds is 4. The summed E-state index contributed by atoms with van der Waals surface area (Å²) in [6.45, 7) is 0. The molecule has 0 unspecified atom stereocenters. The van der Waals surface area contributed by atoms with E-state index in [1.165, 1.54) is 27.4 Å². The van der Waals surface area contributed by atoms with Gasteiger partial charge in [-0.25, -0.2) is 0 Å². The van der Waals surface area contributed by atoms with E-state index >= 15 is 0 Å². The van der Waals surface area contributed by atoms with Crippen LogP contribution in [-0.2, 0) is 0 Å². The molecule has 0 fully saturated rings. The van der Waals surface area contributed by atoms with Crippen molar-refractivity contribution in [2.24, 2.45) is 0 Å². The van der Waals surface area contributed by atoms with Gasteiger partial charge in [0, 0.05) is 50.9 Å². The van der Waals surface area contributed by atoms with Crippen LogP contribution in [0.15, 0.2) is 152 Å². The Labute approximate surface area is 238 Å². The lowest BCUT2D eigenvalue weighted by atomic mass is 10.0. The summed E-state index contributed by atoms with van der Waals surface area (Å²) in [5, 5.41) is 3.61. The zero-order valence-corrected chi connectivity index (χ0v) is 22.3. The third-order valence-electron chi connectivity index (χ3n) is 7.89. The van der Waals surface area contributed by atoms with Crippen LogP contribution in [0.3, 0.4) is 0 Å². The van der Waals surface area contributed by atoms with E-state index in [4.69, 9.17) is 9.97 Å². The number of nitrogens with zero attached hydrogens (tertiary/aromatic N) is 3. The summed E-state index contributed by atoms with van der Waals surface area (Å²) in [6, 6.07) is 49.2. The Balaban J connectivity index is 1.29. The fourth-order valence-electron chi connectivity index (χ4n) is 5.92. The Kier molecular flexibility index (Phi) is 5.46.